The smallest absolute Gasteiger partial charge is 0.179 e. The zero-order valence-electron chi connectivity index (χ0n) is 8.47. The fraction of sp³-hybridized carbons (Fsp3) is 1.00. The van der Waals surface area contributed by atoms with Gasteiger partial charge in [-0.05, 0) is 33.5 Å². The summed E-state index contributed by atoms with van der Waals surface area (Å²) in [6.07, 6.45) is -0.167. The molecule has 0 fully saturated rings. The minimum Gasteiger partial charge on any atom is -0.433 e. The SMILES string of the molecule is CC(C)O.C[Si](C)(C)O.O.O.[Zr]. The molecule has 0 saturated carbocycles. The third-order valence-corrected chi connectivity index (χ3v) is 0. The number of rotatable bonds is 0. The molecule has 0 atom stereocenters. The summed E-state index contributed by atoms with van der Waals surface area (Å²) in [6.45, 7) is 9.09. The Morgan fingerprint density at radius 2 is 1.00 bits per heavy atom. The van der Waals surface area contributed by atoms with Gasteiger partial charge in [0.15, 0.2) is 8.32 Å². The maximum atomic E-state index is 8.66. The number of aliphatic hydroxyl groups is 1. The van der Waals surface area contributed by atoms with Gasteiger partial charge >= 0.3 is 0 Å². The molecule has 0 aliphatic carbocycles. The summed E-state index contributed by atoms with van der Waals surface area (Å²) in [5, 5.41) is 8.06. The minimum atomic E-state index is -1.61. The van der Waals surface area contributed by atoms with E-state index in [4.69, 9.17) is 9.90 Å². The average molecular weight is 278 g/mol. The Morgan fingerprint density at radius 1 is 1.00 bits per heavy atom. The average Bonchev–Trinajstić information content (AvgIpc) is 1.19. The van der Waals surface area contributed by atoms with Crippen LogP contribution in [0.25, 0.3) is 0 Å². The molecule has 0 aliphatic rings. The molecule has 78 valence electrons. The van der Waals surface area contributed by atoms with Crippen molar-refractivity contribution in [1.29, 1.82) is 0 Å². The van der Waals surface area contributed by atoms with Gasteiger partial charge in [-0.1, -0.05) is 0 Å². The van der Waals surface area contributed by atoms with Gasteiger partial charge in [0.05, 0.1) is 0 Å². The van der Waals surface area contributed by atoms with Crippen molar-refractivity contribution in [3.05, 3.63) is 0 Å². The van der Waals surface area contributed by atoms with Crippen molar-refractivity contribution in [2.75, 3.05) is 0 Å². The molecule has 6 N–H and O–H groups in total. The summed E-state index contributed by atoms with van der Waals surface area (Å²) >= 11 is 0. The zero-order valence-corrected chi connectivity index (χ0v) is 11.9. The first-order valence-electron chi connectivity index (χ1n) is 3.14. The van der Waals surface area contributed by atoms with Crippen LogP contribution in [0.3, 0.4) is 0 Å². The van der Waals surface area contributed by atoms with Gasteiger partial charge in [0, 0.05) is 32.3 Å². The van der Waals surface area contributed by atoms with E-state index in [2.05, 4.69) is 0 Å². The van der Waals surface area contributed by atoms with E-state index in [0.29, 0.717) is 0 Å². The van der Waals surface area contributed by atoms with E-state index in [0.717, 1.165) is 0 Å². The van der Waals surface area contributed by atoms with Crippen LogP contribution in [0.5, 0.6) is 0 Å². The van der Waals surface area contributed by atoms with Gasteiger partial charge in [0.25, 0.3) is 0 Å². The maximum Gasteiger partial charge on any atom is 0.179 e. The van der Waals surface area contributed by atoms with E-state index in [1.54, 1.807) is 13.8 Å². The standard InChI is InChI=1S/C3H10OSi.C3H8O.2H2O.Zr/c1-5(2,3)4;1-3(2)4;;;/h4H,1-3H3;3-4H,1-2H3;2*1H2;. The van der Waals surface area contributed by atoms with Crippen LogP contribution >= 0.6 is 0 Å². The first kappa shape index (κ1) is 29.3. The quantitative estimate of drug-likeness (QED) is 0.586. The van der Waals surface area contributed by atoms with Gasteiger partial charge in [0.1, 0.15) is 0 Å². The van der Waals surface area contributed by atoms with Crippen LogP contribution < -0.4 is 0 Å². The predicted molar refractivity (Wildman–Crippen MR) is 50.1 cm³/mol. The van der Waals surface area contributed by atoms with Gasteiger partial charge in [-0.25, -0.2) is 0 Å². The molecular weight excluding hydrogens is 255 g/mol. The topological polar surface area (TPSA) is 103 Å². The summed E-state index contributed by atoms with van der Waals surface area (Å²) in [5.74, 6) is 0. The molecule has 0 spiro atoms. The Morgan fingerprint density at radius 3 is 1.00 bits per heavy atom. The van der Waals surface area contributed by atoms with Crippen LogP contribution in [0.15, 0.2) is 0 Å². The second-order valence-electron chi connectivity index (χ2n) is 3.26. The Kier molecular flexibility index (Phi) is 35.3. The van der Waals surface area contributed by atoms with E-state index in [1.165, 1.54) is 0 Å². The van der Waals surface area contributed by atoms with Gasteiger partial charge in [-0.15, -0.1) is 0 Å². The van der Waals surface area contributed by atoms with Crippen LogP contribution in [-0.2, 0) is 26.2 Å². The van der Waals surface area contributed by atoms with Crippen molar-refractivity contribution in [3.63, 3.8) is 0 Å². The van der Waals surface area contributed by atoms with Crippen molar-refractivity contribution >= 4 is 8.32 Å². The van der Waals surface area contributed by atoms with E-state index in [9.17, 15) is 0 Å². The monoisotopic (exact) mass is 276 g/mol. The van der Waals surface area contributed by atoms with E-state index < -0.39 is 8.32 Å². The van der Waals surface area contributed by atoms with Crippen LogP contribution in [0.1, 0.15) is 13.8 Å². The molecule has 0 saturated heterocycles. The zero-order chi connectivity index (χ0) is 8.08. The summed E-state index contributed by atoms with van der Waals surface area (Å²) < 4.78 is 0. The molecule has 0 radical (unpaired) electrons. The Labute approximate surface area is 94.9 Å². The second kappa shape index (κ2) is 14.5. The summed E-state index contributed by atoms with van der Waals surface area (Å²) in [6, 6.07) is 0. The van der Waals surface area contributed by atoms with Crippen LogP contribution in [-0.4, -0.2) is 35.3 Å². The third-order valence-electron chi connectivity index (χ3n) is 0. The van der Waals surface area contributed by atoms with Gasteiger partial charge in [-0.2, -0.15) is 0 Å². The maximum absolute atomic E-state index is 8.66. The van der Waals surface area contributed by atoms with Gasteiger partial charge in [0.2, 0.25) is 0 Å². The van der Waals surface area contributed by atoms with Crippen LogP contribution in [0.2, 0.25) is 19.6 Å². The number of hydrogen-bond donors (Lipinski definition) is 2. The Balaban J connectivity index is -0.0000000221. The van der Waals surface area contributed by atoms with Crippen molar-refractivity contribution in [1.82, 2.24) is 0 Å². The molecule has 0 bridgehead atoms. The van der Waals surface area contributed by atoms with Gasteiger partial charge < -0.3 is 20.9 Å². The first-order valence-corrected chi connectivity index (χ1v) is 6.58. The molecule has 0 rings (SSSR count). The molecule has 6 heteroatoms. The first-order chi connectivity index (χ1) is 3.73. The summed E-state index contributed by atoms with van der Waals surface area (Å²) in [4.78, 5) is 8.66. The molecule has 0 aromatic heterocycles. The van der Waals surface area contributed by atoms with E-state index in [-0.39, 0.29) is 43.3 Å². The molecule has 0 amide bonds. The number of hydrogen-bond acceptors (Lipinski definition) is 2. The molecule has 0 aromatic carbocycles. The van der Waals surface area contributed by atoms with Crippen molar-refractivity contribution < 1.29 is 47.1 Å². The fourth-order valence-electron chi connectivity index (χ4n) is 0. The fourth-order valence-corrected chi connectivity index (χ4v) is 0. The Bertz CT molecular complexity index is 56.3. The van der Waals surface area contributed by atoms with E-state index >= 15 is 0 Å². The molecule has 0 heterocycles. The van der Waals surface area contributed by atoms with Crippen LogP contribution in [0, 0.1) is 0 Å². The van der Waals surface area contributed by atoms with Gasteiger partial charge in [-0.3, -0.25) is 0 Å². The molecule has 12 heavy (non-hydrogen) atoms. The summed E-state index contributed by atoms with van der Waals surface area (Å²) in [7, 11) is -1.61. The minimum absolute atomic E-state index is 0. The van der Waals surface area contributed by atoms with Crippen molar-refractivity contribution in [3.8, 4) is 0 Å². The normalized spacial score (nSPS) is 8.00. The van der Waals surface area contributed by atoms with Crippen molar-refractivity contribution in [2.24, 2.45) is 0 Å². The number of aliphatic hydroxyl groups excluding tert-OH is 1. The van der Waals surface area contributed by atoms with Crippen molar-refractivity contribution in [2.45, 2.75) is 39.6 Å². The predicted octanol–water partition coefficient (Wildman–Crippen LogP) is -0.451. The molecule has 0 aromatic rings. The molecule has 0 aliphatic heterocycles. The Hall–Kier alpha value is 0.940. The largest absolute Gasteiger partial charge is 0.433 e. The molecule has 0 unspecified atom stereocenters. The van der Waals surface area contributed by atoms with E-state index in [1.807, 2.05) is 19.6 Å². The molecule has 4 nitrogen and oxygen atoms in total. The third kappa shape index (κ3) is 1220. The molecular formula is C6H22O4SiZr. The van der Waals surface area contributed by atoms with Crippen LogP contribution in [0.4, 0.5) is 0 Å². The second-order valence-corrected chi connectivity index (χ2v) is 7.61. The summed E-state index contributed by atoms with van der Waals surface area (Å²) in [5.41, 5.74) is 0.